The Morgan fingerprint density at radius 3 is 2.29 bits per heavy atom. The minimum atomic E-state index is -1.25. The fourth-order valence-corrected chi connectivity index (χ4v) is 14.4. The van der Waals surface area contributed by atoms with Gasteiger partial charge in [0.1, 0.15) is 6.67 Å². The van der Waals surface area contributed by atoms with Crippen LogP contribution in [0.1, 0.15) is 126 Å². The molecule has 0 aromatic carbocycles. The number of allylic oxidation sites excluding steroid dienone is 4. The van der Waals surface area contributed by atoms with Crippen LogP contribution in [0.25, 0.3) is 0 Å². The van der Waals surface area contributed by atoms with Gasteiger partial charge in [-0.15, -0.1) is 0 Å². The number of rotatable bonds is 10. The van der Waals surface area contributed by atoms with Gasteiger partial charge >= 0.3 is 5.97 Å². The number of aliphatic hydroxyl groups excluding tert-OH is 1. The van der Waals surface area contributed by atoms with Crippen molar-refractivity contribution in [3.8, 4) is 0 Å². The maximum atomic E-state index is 14.0. The molecule has 11 atom stereocenters. The zero-order valence-corrected chi connectivity index (χ0v) is 32.6. The van der Waals surface area contributed by atoms with Crippen molar-refractivity contribution in [1.29, 1.82) is 0 Å². The molecule has 0 heterocycles. The molecule has 4 saturated carbocycles. The molecule has 0 unspecified atom stereocenters. The number of hydrogen-bond acceptors (Lipinski definition) is 4. The molecular weight excluding hydrogens is 611 g/mol. The first-order valence-electron chi connectivity index (χ1n) is 20.2. The first-order valence-corrected chi connectivity index (χ1v) is 20.2. The lowest BCUT2D eigenvalue weighted by Crippen LogP contribution is -2.66. The van der Waals surface area contributed by atoms with Crippen LogP contribution < -0.4 is 5.32 Å². The van der Waals surface area contributed by atoms with E-state index in [-0.39, 0.29) is 33.2 Å². The van der Waals surface area contributed by atoms with E-state index in [1.165, 1.54) is 56.1 Å². The van der Waals surface area contributed by atoms with Crippen molar-refractivity contribution in [3.05, 3.63) is 23.3 Å². The molecule has 6 rings (SSSR count). The Balaban J connectivity index is 1.28. The van der Waals surface area contributed by atoms with Gasteiger partial charge in [-0.25, -0.2) is 4.39 Å². The highest BCUT2D eigenvalue weighted by atomic mass is 19.1. The maximum absolute atomic E-state index is 14.0. The summed E-state index contributed by atoms with van der Waals surface area (Å²) < 4.78 is 14.0. The minimum Gasteiger partial charge on any atom is -0.481 e. The van der Waals surface area contributed by atoms with Gasteiger partial charge in [-0.1, -0.05) is 60.6 Å². The van der Waals surface area contributed by atoms with Crippen molar-refractivity contribution in [2.75, 3.05) is 40.4 Å². The number of aliphatic carboxylic acids is 1. The molecule has 0 aromatic heterocycles. The monoisotopic (exact) mass is 683 g/mol. The number of nitrogens with one attached hydrogen (secondary N) is 1. The highest BCUT2D eigenvalue weighted by Gasteiger charge is 2.71. The molecule has 3 N–H and O–H groups in total. The van der Waals surface area contributed by atoms with Crippen molar-refractivity contribution in [3.63, 3.8) is 0 Å². The molecule has 0 amide bonds. The fraction of sp³-hybridized carbons (Fsp3) is 0.884. The largest absolute Gasteiger partial charge is 0.481 e. The van der Waals surface area contributed by atoms with Crippen LogP contribution >= 0.6 is 0 Å². The van der Waals surface area contributed by atoms with Gasteiger partial charge in [0, 0.05) is 25.0 Å². The zero-order valence-electron chi connectivity index (χ0n) is 32.6. The van der Waals surface area contributed by atoms with Gasteiger partial charge in [0.2, 0.25) is 0 Å². The average Bonchev–Trinajstić information content (AvgIpc) is 3.44. The van der Waals surface area contributed by atoms with E-state index in [1.54, 1.807) is 0 Å². The van der Waals surface area contributed by atoms with Crippen molar-refractivity contribution < 1.29 is 19.4 Å². The van der Waals surface area contributed by atoms with Crippen molar-refractivity contribution >= 4 is 5.97 Å². The first-order chi connectivity index (χ1) is 22.9. The second-order valence-electron chi connectivity index (χ2n) is 20.1. The SMILES string of the molecule is CC(C)[C@@H]1CC[C@]2([C@H](O)CNCCN(C)C)CC[C@]3(C)[C@H](CC[C@@H]4[C@@]5(C)CC=C(C6=CC[C@](CF)(C(=O)O)CC6)C(C)(C)[C@@H]5CC[C@]43C)[C@@H]12. The Hall–Kier alpha value is -1.24. The van der Waals surface area contributed by atoms with Crippen LogP contribution in [0.15, 0.2) is 23.3 Å². The quantitative estimate of drug-likeness (QED) is 0.201. The van der Waals surface area contributed by atoms with Crippen LogP contribution in [0.4, 0.5) is 4.39 Å². The van der Waals surface area contributed by atoms with Gasteiger partial charge in [-0.3, -0.25) is 4.79 Å². The number of carboxylic acids is 1. The Morgan fingerprint density at radius 1 is 0.939 bits per heavy atom. The number of aliphatic hydroxyl groups is 1. The zero-order chi connectivity index (χ0) is 35.8. The molecular formula is C43H71FN2O3. The topological polar surface area (TPSA) is 72.8 Å². The third-order valence-electron chi connectivity index (χ3n) is 17.4. The van der Waals surface area contributed by atoms with E-state index >= 15 is 0 Å². The molecule has 278 valence electrons. The van der Waals surface area contributed by atoms with E-state index in [2.05, 4.69) is 84.9 Å². The van der Waals surface area contributed by atoms with Crippen LogP contribution in [-0.4, -0.2) is 67.6 Å². The maximum Gasteiger partial charge on any atom is 0.312 e. The molecule has 0 saturated heterocycles. The number of alkyl halides is 1. The summed E-state index contributed by atoms with van der Waals surface area (Å²) in [4.78, 5) is 14.2. The smallest absolute Gasteiger partial charge is 0.312 e. The number of likely N-dealkylation sites (N-methyl/N-ethyl adjacent to an activating group) is 1. The van der Waals surface area contributed by atoms with E-state index < -0.39 is 18.1 Å². The lowest BCUT2D eigenvalue weighted by Gasteiger charge is -2.72. The molecule has 0 bridgehead atoms. The summed E-state index contributed by atoms with van der Waals surface area (Å²) >= 11 is 0. The molecule has 4 fully saturated rings. The lowest BCUT2D eigenvalue weighted by atomic mass is 9.32. The molecule has 5 nitrogen and oxygen atoms in total. The summed E-state index contributed by atoms with van der Waals surface area (Å²) in [5, 5.41) is 25.5. The van der Waals surface area contributed by atoms with Crippen LogP contribution in [0.2, 0.25) is 0 Å². The Bertz CT molecular complexity index is 1320. The van der Waals surface area contributed by atoms with E-state index in [9.17, 15) is 19.4 Å². The van der Waals surface area contributed by atoms with Gasteiger partial charge in [0.15, 0.2) is 0 Å². The Kier molecular flexibility index (Phi) is 9.96. The number of fused-ring (bicyclic) bond motifs is 7. The number of carboxylic acid groups (broad SMARTS) is 1. The standard InChI is InChI=1S/C43H71FN2O3/c1-28(2)30-14-21-43(35(47)26-45-24-25-46(8)9)23-22-40(6)32(36(30)43)10-11-34-39(5)17-15-31(38(3,4)33(39)16-18-41(34,40)7)29-12-19-42(27-44,20-13-29)37(48)49/h12,15,28,30,32-36,45,47H,10-11,13-14,16-27H2,1-9H3,(H,48,49)/t30-,32+,33-,34+,35+,36+,39-,40+,41+,42-,43+/m0/s1. The van der Waals surface area contributed by atoms with E-state index in [4.69, 9.17) is 0 Å². The molecule has 0 aromatic rings. The molecule has 49 heavy (non-hydrogen) atoms. The summed E-state index contributed by atoms with van der Waals surface area (Å²) in [5.74, 6) is 2.82. The number of hydrogen-bond donors (Lipinski definition) is 3. The predicted octanol–water partition coefficient (Wildman–Crippen LogP) is 8.92. The van der Waals surface area contributed by atoms with Gasteiger partial charge in [0.05, 0.1) is 11.5 Å². The second-order valence-corrected chi connectivity index (χ2v) is 20.1. The van der Waals surface area contributed by atoms with Crippen LogP contribution in [0.3, 0.4) is 0 Å². The van der Waals surface area contributed by atoms with E-state index in [0.29, 0.717) is 61.3 Å². The molecule has 0 spiro atoms. The summed E-state index contributed by atoms with van der Waals surface area (Å²) in [5.41, 5.74) is 2.22. The fourth-order valence-electron chi connectivity index (χ4n) is 14.4. The molecule has 0 aliphatic heterocycles. The molecule has 0 radical (unpaired) electrons. The average molecular weight is 683 g/mol. The highest BCUT2D eigenvalue weighted by Crippen LogP contribution is 2.78. The normalized spacial score (nSPS) is 45.1. The van der Waals surface area contributed by atoms with Crippen molar-refractivity contribution in [2.24, 2.45) is 68.0 Å². The van der Waals surface area contributed by atoms with Crippen molar-refractivity contribution in [1.82, 2.24) is 10.2 Å². The highest BCUT2D eigenvalue weighted by molar-refractivity contribution is 5.75. The van der Waals surface area contributed by atoms with Crippen LogP contribution in [-0.2, 0) is 4.79 Å². The van der Waals surface area contributed by atoms with Crippen LogP contribution in [0, 0.1) is 68.0 Å². The third kappa shape index (κ3) is 5.56. The summed E-state index contributed by atoms with van der Waals surface area (Å²) in [6.07, 6.45) is 16.7. The summed E-state index contributed by atoms with van der Waals surface area (Å²) in [6.45, 7) is 19.7. The van der Waals surface area contributed by atoms with Gasteiger partial charge < -0.3 is 20.4 Å². The van der Waals surface area contributed by atoms with Gasteiger partial charge in [0.25, 0.3) is 0 Å². The Labute approximate surface area is 298 Å². The van der Waals surface area contributed by atoms with E-state index in [0.717, 1.165) is 25.9 Å². The van der Waals surface area contributed by atoms with E-state index in [1.807, 2.05) is 0 Å². The van der Waals surface area contributed by atoms with Gasteiger partial charge in [-0.2, -0.15) is 0 Å². The number of halogens is 1. The summed E-state index contributed by atoms with van der Waals surface area (Å²) in [6, 6.07) is 0. The molecule has 6 heteroatoms. The second kappa shape index (κ2) is 13.0. The number of nitrogens with zero attached hydrogens (tertiary/aromatic N) is 1. The summed E-state index contributed by atoms with van der Waals surface area (Å²) in [7, 11) is 4.23. The predicted molar refractivity (Wildman–Crippen MR) is 198 cm³/mol. The third-order valence-corrected chi connectivity index (χ3v) is 17.4. The first kappa shape index (κ1) is 37.5. The van der Waals surface area contributed by atoms with Crippen molar-refractivity contribution in [2.45, 2.75) is 132 Å². The van der Waals surface area contributed by atoms with Crippen LogP contribution in [0.5, 0.6) is 0 Å². The van der Waals surface area contributed by atoms with Gasteiger partial charge in [-0.05, 0) is 159 Å². The number of carbonyl (C=O) groups is 1. The Morgan fingerprint density at radius 2 is 1.67 bits per heavy atom. The molecule has 6 aliphatic carbocycles. The minimum absolute atomic E-state index is 0.00351. The molecule has 6 aliphatic rings. The lowest BCUT2D eigenvalue weighted by molar-refractivity contribution is -0.238.